The average Bonchev–Trinajstić information content (AvgIpc) is 3.10. The highest BCUT2D eigenvalue weighted by atomic mass is 16.6. The number of ether oxygens (including phenoxy) is 2. The first-order chi connectivity index (χ1) is 14.8. The van der Waals surface area contributed by atoms with Crippen molar-refractivity contribution in [3.8, 4) is 5.75 Å². The number of hydrazine groups is 1. The Labute approximate surface area is 185 Å². The van der Waals surface area contributed by atoms with Crippen LogP contribution < -0.4 is 4.74 Å². The van der Waals surface area contributed by atoms with E-state index in [4.69, 9.17) is 9.47 Å². The number of amides is 1. The van der Waals surface area contributed by atoms with E-state index in [0.29, 0.717) is 24.6 Å². The van der Waals surface area contributed by atoms with Crippen molar-refractivity contribution in [1.82, 2.24) is 10.0 Å². The van der Waals surface area contributed by atoms with Crippen LogP contribution in [-0.4, -0.2) is 35.5 Å². The maximum absolute atomic E-state index is 13.7. The summed E-state index contributed by atoms with van der Waals surface area (Å²) in [6, 6.07) is 16.1. The van der Waals surface area contributed by atoms with Gasteiger partial charge in [-0.25, -0.2) is 5.01 Å². The van der Waals surface area contributed by atoms with Crippen LogP contribution in [0.5, 0.6) is 5.75 Å². The zero-order valence-electron chi connectivity index (χ0n) is 19.2. The van der Waals surface area contributed by atoms with Crippen LogP contribution in [0.15, 0.2) is 48.5 Å². The van der Waals surface area contributed by atoms with Gasteiger partial charge in [-0.05, 0) is 60.4 Å². The molecule has 1 saturated heterocycles. The number of nitrogens with zero attached hydrogens (tertiary/aromatic N) is 2. The van der Waals surface area contributed by atoms with Gasteiger partial charge in [0.1, 0.15) is 12.5 Å². The Morgan fingerprint density at radius 2 is 1.77 bits per heavy atom. The highest BCUT2D eigenvalue weighted by Gasteiger charge is 2.50. The van der Waals surface area contributed by atoms with Crippen LogP contribution in [-0.2, 0) is 16.7 Å². The minimum Gasteiger partial charge on any atom is -0.497 e. The molecule has 0 radical (unpaired) electrons. The molecule has 0 aromatic heterocycles. The van der Waals surface area contributed by atoms with Crippen molar-refractivity contribution in [3.63, 3.8) is 0 Å². The fourth-order valence-electron chi connectivity index (χ4n) is 4.66. The van der Waals surface area contributed by atoms with E-state index in [0.717, 1.165) is 25.7 Å². The van der Waals surface area contributed by atoms with Crippen LogP contribution in [0.25, 0.3) is 0 Å². The quantitative estimate of drug-likeness (QED) is 0.652. The number of hydrogen-bond acceptors (Lipinski definition) is 4. The third-order valence-electron chi connectivity index (χ3n) is 6.48. The third kappa shape index (κ3) is 4.48. The predicted octanol–water partition coefficient (Wildman–Crippen LogP) is 5.50. The van der Waals surface area contributed by atoms with E-state index in [1.165, 1.54) is 17.5 Å². The van der Waals surface area contributed by atoms with Crippen LogP contribution in [0.2, 0.25) is 0 Å². The van der Waals surface area contributed by atoms with Gasteiger partial charge in [0.2, 0.25) is 0 Å². The van der Waals surface area contributed by atoms with E-state index in [9.17, 15) is 4.79 Å². The molecule has 5 nitrogen and oxygen atoms in total. The van der Waals surface area contributed by atoms with Crippen molar-refractivity contribution in [2.24, 2.45) is 0 Å². The highest BCUT2D eigenvalue weighted by molar-refractivity contribution is 5.94. The van der Waals surface area contributed by atoms with Crippen LogP contribution in [0.1, 0.15) is 74.4 Å². The zero-order valence-corrected chi connectivity index (χ0v) is 19.2. The van der Waals surface area contributed by atoms with Crippen LogP contribution in [0, 0.1) is 0 Å². The third-order valence-corrected chi connectivity index (χ3v) is 6.48. The Bertz CT molecular complexity index is 911. The first-order valence-electron chi connectivity index (χ1n) is 11.3. The summed E-state index contributed by atoms with van der Waals surface area (Å²) in [6.45, 7) is 7.73. The first-order valence-corrected chi connectivity index (χ1v) is 11.3. The van der Waals surface area contributed by atoms with Gasteiger partial charge in [-0.1, -0.05) is 57.5 Å². The molecule has 166 valence electrons. The van der Waals surface area contributed by atoms with E-state index in [-0.39, 0.29) is 11.3 Å². The summed E-state index contributed by atoms with van der Waals surface area (Å²) in [7, 11) is 1.62. The van der Waals surface area contributed by atoms with Crippen LogP contribution >= 0.6 is 0 Å². The molecule has 2 aromatic rings. The lowest BCUT2D eigenvalue weighted by Crippen LogP contribution is -2.54. The van der Waals surface area contributed by atoms with Gasteiger partial charge in [0.25, 0.3) is 5.91 Å². The van der Waals surface area contributed by atoms with E-state index in [2.05, 4.69) is 50.0 Å². The fraction of sp³-hybridized carbons (Fsp3) is 0.500. The molecule has 1 amide bonds. The molecule has 0 unspecified atom stereocenters. The summed E-state index contributed by atoms with van der Waals surface area (Å²) in [5.41, 5.74) is 2.69. The monoisotopic (exact) mass is 422 g/mol. The van der Waals surface area contributed by atoms with Crippen molar-refractivity contribution in [2.45, 2.75) is 70.6 Å². The van der Waals surface area contributed by atoms with E-state index in [1.54, 1.807) is 7.11 Å². The lowest BCUT2D eigenvalue weighted by Gasteiger charge is -2.41. The number of carbonyl (C=O) groups excluding carboxylic acids is 1. The van der Waals surface area contributed by atoms with Crippen LogP contribution in [0.3, 0.4) is 0 Å². The number of rotatable bonds is 4. The Balaban J connectivity index is 1.62. The smallest absolute Gasteiger partial charge is 0.270 e. The number of benzene rings is 2. The molecule has 0 bridgehead atoms. The highest BCUT2D eigenvalue weighted by Crippen LogP contribution is 2.41. The topological polar surface area (TPSA) is 42.0 Å². The molecular formula is C26H34N2O3. The summed E-state index contributed by atoms with van der Waals surface area (Å²) in [5, 5.41) is 3.97. The lowest BCUT2D eigenvalue weighted by molar-refractivity contribution is -0.110. The molecule has 5 heteroatoms. The second-order valence-corrected chi connectivity index (χ2v) is 9.74. The molecule has 0 N–H and O–H groups in total. The molecular weight excluding hydrogens is 388 g/mol. The second kappa shape index (κ2) is 8.64. The first kappa shape index (κ1) is 21.8. The molecule has 0 atom stereocenters. The van der Waals surface area contributed by atoms with Gasteiger partial charge in [-0.15, -0.1) is 0 Å². The minimum atomic E-state index is -0.538. The Kier molecular flexibility index (Phi) is 6.09. The van der Waals surface area contributed by atoms with Crippen molar-refractivity contribution in [3.05, 3.63) is 65.2 Å². The van der Waals surface area contributed by atoms with E-state index in [1.807, 2.05) is 29.3 Å². The molecule has 2 fully saturated rings. The Hall–Kier alpha value is -2.37. The van der Waals surface area contributed by atoms with E-state index < -0.39 is 5.72 Å². The van der Waals surface area contributed by atoms with Gasteiger partial charge < -0.3 is 9.47 Å². The molecule has 2 aromatic carbocycles. The van der Waals surface area contributed by atoms with Gasteiger partial charge in [-0.2, -0.15) is 5.01 Å². The average molecular weight is 423 g/mol. The standard InChI is InChI=1S/C26H34N2O3/c1-25(2,3)22-13-11-20(12-14-22)18-27-19-31-26(15-6-5-7-16-26)28(27)24(29)21-9-8-10-23(17-21)30-4/h8-14,17H,5-7,15-16,18-19H2,1-4H3. The Morgan fingerprint density at radius 3 is 2.42 bits per heavy atom. The predicted molar refractivity (Wildman–Crippen MR) is 122 cm³/mol. The normalized spacial score (nSPS) is 19.0. The fourth-order valence-corrected chi connectivity index (χ4v) is 4.66. The maximum Gasteiger partial charge on any atom is 0.270 e. The lowest BCUT2D eigenvalue weighted by atomic mass is 9.87. The number of methoxy groups -OCH3 is 1. The number of hydrogen-bond donors (Lipinski definition) is 0. The van der Waals surface area contributed by atoms with Gasteiger partial charge in [0, 0.05) is 12.1 Å². The SMILES string of the molecule is COc1cccc(C(=O)N2N(Cc3ccc(C(C)(C)C)cc3)COC23CCCCC3)c1. The summed E-state index contributed by atoms with van der Waals surface area (Å²) in [6.07, 6.45) is 5.11. The maximum atomic E-state index is 13.7. The second-order valence-electron chi connectivity index (χ2n) is 9.74. The molecule has 1 saturated carbocycles. The minimum absolute atomic E-state index is 0.0235. The zero-order chi connectivity index (χ0) is 22.1. The van der Waals surface area contributed by atoms with Gasteiger partial charge in [-0.3, -0.25) is 4.79 Å². The van der Waals surface area contributed by atoms with Gasteiger partial charge in [0.15, 0.2) is 5.72 Å². The summed E-state index contributed by atoms with van der Waals surface area (Å²) < 4.78 is 11.7. The molecule has 4 rings (SSSR count). The summed E-state index contributed by atoms with van der Waals surface area (Å²) in [4.78, 5) is 13.7. The molecule has 31 heavy (non-hydrogen) atoms. The van der Waals surface area contributed by atoms with E-state index >= 15 is 0 Å². The van der Waals surface area contributed by atoms with Crippen molar-refractivity contribution < 1.29 is 14.3 Å². The molecule has 2 aliphatic rings. The summed E-state index contributed by atoms with van der Waals surface area (Å²) in [5.74, 6) is 0.664. The Morgan fingerprint density at radius 1 is 1.06 bits per heavy atom. The van der Waals surface area contributed by atoms with Gasteiger partial charge >= 0.3 is 0 Å². The molecule has 1 aliphatic carbocycles. The molecule has 1 spiro atoms. The van der Waals surface area contributed by atoms with Crippen molar-refractivity contribution >= 4 is 5.91 Å². The van der Waals surface area contributed by atoms with Crippen LogP contribution in [0.4, 0.5) is 0 Å². The molecule has 1 heterocycles. The number of carbonyl (C=O) groups is 1. The van der Waals surface area contributed by atoms with Crippen molar-refractivity contribution in [1.29, 1.82) is 0 Å². The largest absolute Gasteiger partial charge is 0.497 e. The van der Waals surface area contributed by atoms with Crippen molar-refractivity contribution in [2.75, 3.05) is 13.8 Å². The summed E-state index contributed by atoms with van der Waals surface area (Å²) >= 11 is 0. The van der Waals surface area contributed by atoms with Gasteiger partial charge in [0.05, 0.1) is 7.11 Å². The molecule has 1 aliphatic heterocycles.